The second-order valence-corrected chi connectivity index (χ2v) is 7.92. The Balaban J connectivity index is 1.56. The highest BCUT2D eigenvalue weighted by Gasteiger charge is 2.32. The van der Waals surface area contributed by atoms with E-state index in [2.05, 4.69) is 15.3 Å². The van der Waals surface area contributed by atoms with Crippen molar-refractivity contribution in [3.63, 3.8) is 0 Å². The average Bonchev–Trinajstić information content (AvgIpc) is 3.36. The van der Waals surface area contributed by atoms with Crippen LogP contribution in [0, 0.1) is 5.92 Å². The van der Waals surface area contributed by atoms with Crippen LogP contribution in [0.3, 0.4) is 0 Å². The molecule has 1 atom stereocenters. The van der Waals surface area contributed by atoms with Gasteiger partial charge in [0.2, 0.25) is 0 Å². The molecule has 3 aliphatic rings. The fourth-order valence-electron chi connectivity index (χ4n) is 4.48. The molecular weight excluding hydrogens is 300 g/mol. The number of nitrogens with zero attached hydrogens (tertiary/aromatic N) is 2. The van der Waals surface area contributed by atoms with Gasteiger partial charge in [-0.15, -0.1) is 0 Å². The third-order valence-corrected chi connectivity index (χ3v) is 5.99. The summed E-state index contributed by atoms with van der Waals surface area (Å²) in [5.74, 6) is 0.711. The third kappa shape index (κ3) is 3.37. The van der Waals surface area contributed by atoms with E-state index in [1.807, 2.05) is 0 Å². The maximum atomic E-state index is 12.3. The first-order valence-corrected chi connectivity index (χ1v) is 9.81. The molecule has 1 aromatic heterocycles. The average molecular weight is 330 g/mol. The van der Waals surface area contributed by atoms with E-state index in [9.17, 15) is 4.79 Å². The predicted octanol–water partition coefficient (Wildman–Crippen LogP) is 2.43. The highest BCUT2D eigenvalue weighted by molar-refractivity contribution is 5.93. The maximum absolute atomic E-state index is 12.3. The third-order valence-electron chi connectivity index (χ3n) is 5.99. The first-order valence-electron chi connectivity index (χ1n) is 9.81. The second kappa shape index (κ2) is 6.87. The van der Waals surface area contributed by atoms with Crippen molar-refractivity contribution < 1.29 is 4.79 Å². The van der Waals surface area contributed by atoms with Crippen molar-refractivity contribution >= 4 is 5.91 Å². The summed E-state index contributed by atoms with van der Waals surface area (Å²) >= 11 is 0. The first kappa shape index (κ1) is 16.1. The number of hydrogen-bond acceptors (Lipinski definition) is 3. The Morgan fingerprint density at radius 2 is 1.92 bits per heavy atom. The van der Waals surface area contributed by atoms with Gasteiger partial charge in [-0.2, -0.15) is 5.10 Å². The van der Waals surface area contributed by atoms with E-state index in [4.69, 9.17) is 5.10 Å². The predicted molar refractivity (Wildman–Crippen MR) is 94.2 cm³/mol. The zero-order valence-electron chi connectivity index (χ0n) is 14.8. The van der Waals surface area contributed by atoms with Crippen molar-refractivity contribution in [3.05, 3.63) is 17.0 Å². The van der Waals surface area contributed by atoms with Gasteiger partial charge >= 0.3 is 0 Å². The minimum Gasteiger partial charge on any atom is -0.354 e. The first-order chi connectivity index (χ1) is 11.7. The quantitative estimate of drug-likeness (QED) is 0.872. The zero-order valence-corrected chi connectivity index (χ0v) is 14.8. The van der Waals surface area contributed by atoms with E-state index in [-0.39, 0.29) is 5.91 Å². The SMILES string of the molecule is CNC(=O)c1nn(CC2CCCCC2)c2c1C[C@H](NC1CC1)CC2. The van der Waals surface area contributed by atoms with Gasteiger partial charge in [0.05, 0.1) is 0 Å². The van der Waals surface area contributed by atoms with Crippen molar-refractivity contribution in [2.75, 3.05) is 7.05 Å². The highest BCUT2D eigenvalue weighted by atomic mass is 16.1. The highest BCUT2D eigenvalue weighted by Crippen LogP contribution is 2.30. The van der Waals surface area contributed by atoms with Gasteiger partial charge in [0, 0.05) is 36.9 Å². The lowest BCUT2D eigenvalue weighted by atomic mass is 9.88. The molecule has 0 aliphatic heterocycles. The molecule has 2 fully saturated rings. The monoisotopic (exact) mass is 330 g/mol. The van der Waals surface area contributed by atoms with Crippen LogP contribution in [0.5, 0.6) is 0 Å². The molecule has 1 amide bonds. The van der Waals surface area contributed by atoms with Crippen LogP contribution in [0.25, 0.3) is 0 Å². The molecule has 0 bridgehead atoms. The molecule has 1 aromatic rings. The number of amides is 1. The molecular formula is C19H30N4O. The smallest absolute Gasteiger partial charge is 0.271 e. The number of rotatable bonds is 5. The number of nitrogens with one attached hydrogen (secondary N) is 2. The molecule has 1 heterocycles. The normalized spacial score (nSPS) is 24.6. The fraction of sp³-hybridized carbons (Fsp3) is 0.789. The summed E-state index contributed by atoms with van der Waals surface area (Å²) in [7, 11) is 1.71. The fourth-order valence-corrected chi connectivity index (χ4v) is 4.48. The van der Waals surface area contributed by atoms with Crippen molar-refractivity contribution in [3.8, 4) is 0 Å². The Morgan fingerprint density at radius 1 is 1.12 bits per heavy atom. The summed E-state index contributed by atoms with van der Waals surface area (Å²) in [6.07, 6.45) is 12.5. The van der Waals surface area contributed by atoms with Gasteiger partial charge < -0.3 is 10.6 Å². The van der Waals surface area contributed by atoms with Gasteiger partial charge in [-0.1, -0.05) is 19.3 Å². The summed E-state index contributed by atoms with van der Waals surface area (Å²) in [6.45, 7) is 1.00. The minimum atomic E-state index is -0.0271. The molecule has 0 saturated heterocycles. The minimum absolute atomic E-state index is 0.0271. The Kier molecular flexibility index (Phi) is 4.61. The lowest BCUT2D eigenvalue weighted by molar-refractivity contribution is 0.0956. The summed E-state index contributed by atoms with van der Waals surface area (Å²) < 4.78 is 2.18. The second-order valence-electron chi connectivity index (χ2n) is 7.92. The van der Waals surface area contributed by atoms with Crippen LogP contribution < -0.4 is 10.6 Å². The van der Waals surface area contributed by atoms with E-state index in [1.165, 1.54) is 62.6 Å². The van der Waals surface area contributed by atoms with Gasteiger partial charge in [0.15, 0.2) is 5.69 Å². The molecule has 4 rings (SSSR count). The molecule has 2 saturated carbocycles. The van der Waals surface area contributed by atoms with E-state index in [0.29, 0.717) is 11.7 Å². The van der Waals surface area contributed by atoms with Crippen LogP contribution in [0.15, 0.2) is 0 Å². The molecule has 0 aromatic carbocycles. The molecule has 0 spiro atoms. The molecule has 5 nitrogen and oxygen atoms in total. The number of carbonyl (C=O) groups is 1. The standard InChI is InChI=1S/C19H30N4O/c1-20-19(24)18-16-11-15(21-14-7-8-14)9-10-17(16)23(22-18)12-13-5-3-2-4-6-13/h13-15,21H,2-12H2,1H3,(H,20,24)/t15-/m1/s1. The Hall–Kier alpha value is -1.36. The summed E-state index contributed by atoms with van der Waals surface area (Å²) in [5, 5.41) is 11.3. The molecule has 0 unspecified atom stereocenters. The van der Waals surface area contributed by atoms with Gasteiger partial charge in [0.25, 0.3) is 5.91 Å². The van der Waals surface area contributed by atoms with Crippen molar-refractivity contribution in [2.24, 2.45) is 5.92 Å². The van der Waals surface area contributed by atoms with Crippen LogP contribution in [-0.2, 0) is 19.4 Å². The van der Waals surface area contributed by atoms with Crippen molar-refractivity contribution in [1.82, 2.24) is 20.4 Å². The Labute approximate surface area is 144 Å². The van der Waals surface area contributed by atoms with E-state index >= 15 is 0 Å². The van der Waals surface area contributed by atoms with Crippen LogP contribution in [0.1, 0.15) is 73.1 Å². The summed E-state index contributed by atoms with van der Waals surface area (Å²) in [4.78, 5) is 12.3. The molecule has 132 valence electrons. The Morgan fingerprint density at radius 3 is 2.62 bits per heavy atom. The van der Waals surface area contributed by atoms with Crippen LogP contribution in [0.4, 0.5) is 0 Å². The molecule has 0 radical (unpaired) electrons. The number of carbonyl (C=O) groups excluding carboxylic acids is 1. The van der Waals surface area contributed by atoms with Gasteiger partial charge in [-0.05, 0) is 50.9 Å². The van der Waals surface area contributed by atoms with Gasteiger partial charge in [-0.25, -0.2) is 0 Å². The summed E-state index contributed by atoms with van der Waals surface area (Å²) in [6, 6.07) is 1.23. The maximum Gasteiger partial charge on any atom is 0.271 e. The van der Waals surface area contributed by atoms with Crippen LogP contribution in [0.2, 0.25) is 0 Å². The topological polar surface area (TPSA) is 59.0 Å². The van der Waals surface area contributed by atoms with Crippen molar-refractivity contribution in [2.45, 2.75) is 82.8 Å². The molecule has 3 aliphatic carbocycles. The van der Waals surface area contributed by atoms with Crippen molar-refractivity contribution in [1.29, 1.82) is 0 Å². The number of hydrogen-bond donors (Lipinski definition) is 2. The lowest BCUT2D eigenvalue weighted by Crippen LogP contribution is -2.37. The van der Waals surface area contributed by atoms with E-state index in [0.717, 1.165) is 31.3 Å². The van der Waals surface area contributed by atoms with Crippen LogP contribution in [-0.4, -0.2) is 34.8 Å². The largest absolute Gasteiger partial charge is 0.354 e. The van der Waals surface area contributed by atoms with Gasteiger partial charge in [0.1, 0.15) is 0 Å². The lowest BCUT2D eigenvalue weighted by Gasteiger charge is -2.26. The molecule has 2 N–H and O–H groups in total. The molecule has 5 heteroatoms. The van der Waals surface area contributed by atoms with E-state index in [1.54, 1.807) is 7.05 Å². The number of fused-ring (bicyclic) bond motifs is 1. The number of aromatic nitrogens is 2. The summed E-state index contributed by atoms with van der Waals surface area (Å²) in [5.41, 5.74) is 3.20. The Bertz CT molecular complexity index is 599. The van der Waals surface area contributed by atoms with Gasteiger partial charge in [-0.3, -0.25) is 9.48 Å². The molecule has 24 heavy (non-hydrogen) atoms. The van der Waals surface area contributed by atoms with E-state index < -0.39 is 0 Å². The van der Waals surface area contributed by atoms with Crippen LogP contribution >= 0.6 is 0 Å². The zero-order chi connectivity index (χ0) is 16.5.